The first-order chi connectivity index (χ1) is 20.2. The van der Waals surface area contributed by atoms with Crippen molar-refractivity contribution in [2.45, 2.75) is 50.7 Å². The van der Waals surface area contributed by atoms with Gasteiger partial charge in [-0.25, -0.2) is 0 Å². The number of phenolic OH excluding ortho intramolecular Hbond substituents is 1. The molecule has 6 N–H and O–H groups in total. The first-order valence-corrected chi connectivity index (χ1v) is 14.6. The molecular weight excluding hydrogens is 550 g/mol. The van der Waals surface area contributed by atoms with Crippen molar-refractivity contribution in [1.29, 1.82) is 0 Å². The quantitative estimate of drug-likeness (QED) is 0.305. The molecule has 4 atom stereocenters. The number of nitrogens with zero attached hydrogens (tertiary/aromatic N) is 2. The number of aliphatic hydroxyl groups excluding tert-OH is 2. The van der Waals surface area contributed by atoms with Crippen molar-refractivity contribution in [3.63, 3.8) is 0 Å². The van der Waals surface area contributed by atoms with Crippen LogP contribution in [-0.2, 0) is 27.2 Å². The lowest BCUT2D eigenvalue weighted by molar-refractivity contribution is -0.153. The summed E-state index contributed by atoms with van der Waals surface area (Å²) in [5.74, 6) is -6.63. The van der Waals surface area contributed by atoms with Crippen molar-refractivity contribution in [3.05, 3.63) is 63.9 Å². The molecule has 1 fully saturated rings. The van der Waals surface area contributed by atoms with Crippen LogP contribution in [0.1, 0.15) is 42.9 Å². The summed E-state index contributed by atoms with van der Waals surface area (Å²) in [5.41, 5.74) is 5.54. The molecule has 0 heterocycles. The van der Waals surface area contributed by atoms with E-state index in [0.717, 1.165) is 30.5 Å². The molecule has 2 aromatic rings. The number of anilines is 1. The number of nitrogens with two attached hydrogens (primary N) is 1. The van der Waals surface area contributed by atoms with Gasteiger partial charge in [0.1, 0.15) is 22.8 Å². The third-order valence-corrected chi connectivity index (χ3v) is 9.26. The van der Waals surface area contributed by atoms with Crippen LogP contribution in [0.4, 0.5) is 5.69 Å². The molecule has 0 bridgehead atoms. The van der Waals surface area contributed by atoms with Crippen LogP contribution in [0.2, 0.25) is 0 Å². The first kappa shape index (κ1) is 30.3. The number of likely N-dealkylation sites (N-methyl/N-ethyl adjacent to an activating group) is 1. The van der Waals surface area contributed by atoms with E-state index < -0.39 is 58.0 Å². The summed E-state index contributed by atoms with van der Waals surface area (Å²) in [6.07, 6.45) is 3.35. The number of unbranched alkanes of at least 4 members (excludes halogenated alkanes) is 1. The van der Waals surface area contributed by atoms with Gasteiger partial charge < -0.3 is 31.1 Å². The number of carbonyl (C=O) groups is 3. The summed E-state index contributed by atoms with van der Waals surface area (Å²) in [5, 5.41) is 46.2. The summed E-state index contributed by atoms with van der Waals surface area (Å²) in [6, 6.07) is 8.57. The number of primary amides is 1. The molecule has 3 aliphatic rings. The summed E-state index contributed by atoms with van der Waals surface area (Å²) in [4.78, 5) is 43.0. The summed E-state index contributed by atoms with van der Waals surface area (Å²) >= 11 is 0. The van der Waals surface area contributed by atoms with Gasteiger partial charge in [-0.05, 0) is 68.5 Å². The summed E-state index contributed by atoms with van der Waals surface area (Å²) < 4.78 is 0. The molecule has 0 saturated heterocycles. The molecule has 228 valence electrons. The Hall–Kier alpha value is -4.15. The fraction of sp³-hybridized carbons (Fsp3) is 0.424. The largest absolute Gasteiger partial charge is 0.508 e. The van der Waals surface area contributed by atoms with Gasteiger partial charge in [0.2, 0.25) is 5.78 Å². The molecule has 0 spiro atoms. The van der Waals surface area contributed by atoms with E-state index in [1.165, 1.54) is 10.5 Å². The number of aromatic hydroxyl groups is 1. The number of amides is 1. The lowest BCUT2D eigenvalue weighted by Gasteiger charge is -2.50. The normalized spacial score (nSPS) is 25.0. The minimum absolute atomic E-state index is 0.0420. The highest BCUT2D eigenvalue weighted by atomic mass is 16.3. The van der Waals surface area contributed by atoms with E-state index in [-0.39, 0.29) is 29.7 Å². The number of ketones is 2. The van der Waals surface area contributed by atoms with Gasteiger partial charge in [-0.15, -0.1) is 0 Å². The van der Waals surface area contributed by atoms with Crippen LogP contribution in [0.5, 0.6) is 5.75 Å². The monoisotopic (exact) mass is 589 g/mol. The Labute approximate surface area is 250 Å². The minimum atomic E-state index is -2.67. The predicted molar refractivity (Wildman–Crippen MR) is 163 cm³/mol. The number of Topliss-reactive ketones (excluding diaryl/α,β-unsaturated/α-hetero) is 2. The van der Waals surface area contributed by atoms with Gasteiger partial charge in [-0.2, -0.15) is 0 Å². The number of hydrogen-bond donors (Lipinski definition) is 5. The number of carbonyl (C=O) groups excluding carboxylic acids is 3. The van der Waals surface area contributed by atoms with Crippen molar-refractivity contribution in [1.82, 2.24) is 4.90 Å². The Morgan fingerprint density at radius 3 is 2.28 bits per heavy atom. The highest BCUT2D eigenvalue weighted by Gasteiger charge is 2.64. The second kappa shape index (κ2) is 10.8. The zero-order valence-corrected chi connectivity index (χ0v) is 25.1. The Morgan fingerprint density at radius 1 is 1.07 bits per heavy atom. The van der Waals surface area contributed by atoms with E-state index in [1.807, 2.05) is 49.3 Å². The maximum atomic E-state index is 14.2. The van der Waals surface area contributed by atoms with Crippen molar-refractivity contribution in [2.75, 3.05) is 33.1 Å². The predicted octanol–water partition coefficient (Wildman–Crippen LogP) is 3.04. The van der Waals surface area contributed by atoms with E-state index in [1.54, 1.807) is 14.1 Å². The molecular formula is C33H39N3O7. The van der Waals surface area contributed by atoms with Crippen molar-refractivity contribution < 1.29 is 34.8 Å². The molecule has 0 aliphatic heterocycles. The van der Waals surface area contributed by atoms with Crippen LogP contribution in [0.15, 0.2) is 47.2 Å². The van der Waals surface area contributed by atoms with Gasteiger partial charge in [0.25, 0.3) is 5.91 Å². The Balaban J connectivity index is 1.71. The SMILES string of the molecule is CCCCc1ccc(-c2cc(N(C)C)c3c(c2O)C(O)=C2C(=O)C4(O)C(O)=C(C(N)=O)C(=O)C(N(C)C)C4CC2C3)cc1. The average Bonchev–Trinajstić information content (AvgIpc) is 2.93. The van der Waals surface area contributed by atoms with Crippen molar-refractivity contribution in [2.24, 2.45) is 17.6 Å². The molecule has 1 saturated carbocycles. The smallest absolute Gasteiger partial charge is 0.255 e. The number of aliphatic hydroxyl groups is 3. The second-order valence-corrected chi connectivity index (χ2v) is 12.3. The molecule has 43 heavy (non-hydrogen) atoms. The van der Waals surface area contributed by atoms with Gasteiger partial charge in [-0.3, -0.25) is 19.3 Å². The second-order valence-electron chi connectivity index (χ2n) is 12.3. The first-order valence-electron chi connectivity index (χ1n) is 14.6. The fourth-order valence-electron chi connectivity index (χ4n) is 7.14. The summed E-state index contributed by atoms with van der Waals surface area (Å²) in [7, 11) is 6.85. The average molecular weight is 590 g/mol. The third kappa shape index (κ3) is 4.51. The maximum Gasteiger partial charge on any atom is 0.255 e. The fourth-order valence-corrected chi connectivity index (χ4v) is 7.14. The van der Waals surface area contributed by atoms with E-state index in [9.17, 15) is 34.8 Å². The molecule has 4 unspecified atom stereocenters. The van der Waals surface area contributed by atoms with Crippen molar-refractivity contribution >= 4 is 28.9 Å². The van der Waals surface area contributed by atoms with E-state index in [0.29, 0.717) is 11.1 Å². The zero-order valence-electron chi connectivity index (χ0n) is 25.1. The van der Waals surface area contributed by atoms with E-state index in [2.05, 4.69) is 6.92 Å². The number of benzene rings is 2. The molecule has 2 aromatic carbocycles. The van der Waals surface area contributed by atoms with Crippen LogP contribution in [0.25, 0.3) is 16.9 Å². The molecule has 0 aromatic heterocycles. The standard InChI is InChI=1S/C33H39N3O7/c1-6-7-8-16-9-11-17(12-10-16)19-15-22(35(2)3)20-13-18-14-21-26(36(4)5)29(39)25(32(34)42)31(41)33(21,43)30(40)23(18)28(38)24(20)27(19)37/h9-12,15,18,21,26,37-38,41,43H,6-8,13-14H2,1-5H3,(H2,34,42). The van der Waals surface area contributed by atoms with E-state index in [4.69, 9.17) is 5.73 Å². The van der Waals surface area contributed by atoms with Gasteiger partial charge in [0.15, 0.2) is 11.4 Å². The summed E-state index contributed by atoms with van der Waals surface area (Å²) in [6.45, 7) is 2.13. The Kier molecular flexibility index (Phi) is 7.64. The van der Waals surface area contributed by atoms with E-state index >= 15 is 0 Å². The maximum absolute atomic E-state index is 14.2. The van der Waals surface area contributed by atoms with Crippen LogP contribution >= 0.6 is 0 Å². The van der Waals surface area contributed by atoms with Gasteiger partial charge >= 0.3 is 0 Å². The number of phenols is 1. The van der Waals surface area contributed by atoms with Crippen LogP contribution in [-0.4, -0.2) is 82.6 Å². The Bertz CT molecular complexity index is 1590. The van der Waals surface area contributed by atoms with Gasteiger partial charge in [0.05, 0.1) is 11.6 Å². The molecule has 1 amide bonds. The Morgan fingerprint density at radius 2 is 1.72 bits per heavy atom. The van der Waals surface area contributed by atoms with Crippen LogP contribution in [0, 0.1) is 11.8 Å². The lowest BCUT2D eigenvalue weighted by atomic mass is 9.57. The number of fused-ring (bicyclic) bond motifs is 3. The highest BCUT2D eigenvalue weighted by molar-refractivity contribution is 6.24. The third-order valence-electron chi connectivity index (χ3n) is 9.26. The molecule has 0 radical (unpaired) electrons. The van der Waals surface area contributed by atoms with Gasteiger partial charge in [-0.1, -0.05) is 37.6 Å². The van der Waals surface area contributed by atoms with Crippen LogP contribution in [0.3, 0.4) is 0 Å². The molecule has 3 aliphatic carbocycles. The zero-order chi connectivity index (χ0) is 31.5. The minimum Gasteiger partial charge on any atom is -0.508 e. The number of rotatable bonds is 7. The molecule has 5 rings (SSSR count). The van der Waals surface area contributed by atoms with Crippen molar-refractivity contribution in [3.8, 4) is 16.9 Å². The molecule has 10 heteroatoms. The van der Waals surface area contributed by atoms with Crippen LogP contribution < -0.4 is 10.6 Å². The highest BCUT2D eigenvalue weighted by Crippen LogP contribution is 2.54. The number of aryl methyl sites for hydroxylation is 1. The van der Waals surface area contributed by atoms with Gasteiger partial charge in [0, 0.05) is 36.8 Å². The topological polar surface area (TPSA) is 165 Å². The number of hydrogen-bond acceptors (Lipinski definition) is 9. The molecule has 10 nitrogen and oxygen atoms in total. The lowest BCUT2D eigenvalue weighted by Crippen LogP contribution is -2.65.